The zero-order valence-corrected chi connectivity index (χ0v) is 10.5. The summed E-state index contributed by atoms with van der Waals surface area (Å²) in [4.78, 5) is 11.6. The van der Waals surface area contributed by atoms with Crippen LogP contribution in [0.1, 0.15) is 35.7 Å². The van der Waals surface area contributed by atoms with E-state index in [-0.39, 0.29) is 5.78 Å². The maximum atomic E-state index is 11.6. The Kier molecular flexibility index (Phi) is 3.86. The number of benzene rings is 1. The van der Waals surface area contributed by atoms with Crippen LogP contribution in [-0.4, -0.2) is 26.2 Å². The highest BCUT2D eigenvalue weighted by Gasteiger charge is 2.13. The molecule has 0 saturated carbocycles. The van der Waals surface area contributed by atoms with Gasteiger partial charge in [0.05, 0.1) is 0 Å². The average molecular weight is 240 g/mol. The third kappa shape index (κ3) is 3.77. The molecule has 0 bridgehead atoms. The van der Waals surface area contributed by atoms with Crippen molar-refractivity contribution in [1.82, 2.24) is 0 Å². The van der Waals surface area contributed by atoms with Crippen molar-refractivity contribution in [1.29, 1.82) is 0 Å². The lowest BCUT2D eigenvalue weighted by molar-refractivity contribution is 0.102. The van der Waals surface area contributed by atoms with Crippen molar-refractivity contribution >= 4 is 15.6 Å². The van der Waals surface area contributed by atoms with E-state index >= 15 is 0 Å². The zero-order valence-electron chi connectivity index (χ0n) is 9.73. The third-order valence-corrected chi connectivity index (χ3v) is 3.08. The molecule has 4 heteroatoms. The largest absolute Gasteiger partial charge is 0.293 e. The van der Waals surface area contributed by atoms with Gasteiger partial charge in [0.25, 0.3) is 0 Å². The molecule has 0 fully saturated rings. The number of rotatable bonds is 4. The minimum absolute atomic E-state index is 0.349. The zero-order chi connectivity index (χ0) is 12.3. The summed E-state index contributed by atoms with van der Waals surface area (Å²) >= 11 is 0. The van der Waals surface area contributed by atoms with Gasteiger partial charge in [-0.3, -0.25) is 4.79 Å². The van der Waals surface area contributed by atoms with E-state index in [1.165, 1.54) is 0 Å². The van der Waals surface area contributed by atoms with E-state index in [2.05, 4.69) is 13.8 Å². The molecule has 0 spiro atoms. The van der Waals surface area contributed by atoms with Crippen molar-refractivity contribution in [2.75, 3.05) is 12.0 Å². The van der Waals surface area contributed by atoms with Gasteiger partial charge in [0.1, 0.15) is 5.75 Å². The van der Waals surface area contributed by atoms with Crippen molar-refractivity contribution in [2.24, 2.45) is 0 Å². The summed E-state index contributed by atoms with van der Waals surface area (Å²) in [5, 5.41) is 0. The lowest BCUT2D eigenvalue weighted by Crippen LogP contribution is -2.14. The first-order valence-corrected chi connectivity index (χ1v) is 7.16. The topological polar surface area (TPSA) is 51.2 Å². The molecule has 0 aliphatic heterocycles. The molecule has 0 amide bonds. The molecular weight excluding hydrogens is 224 g/mol. The van der Waals surface area contributed by atoms with Gasteiger partial charge in [-0.25, -0.2) is 8.42 Å². The maximum absolute atomic E-state index is 11.6. The summed E-state index contributed by atoms with van der Waals surface area (Å²) in [5.41, 5.74) is 1.59. The molecule has 0 saturated heterocycles. The second-order valence-electron chi connectivity index (χ2n) is 4.27. The van der Waals surface area contributed by atoms with Gasteiger partial charge in [-0.1, -0.05) is 38.1 Å². The SMILES string of the molecule is CC(C)c1ccc(C(=O)CS(C)(=O)=O)cc1. The highest BCUT2D eigenvalue weighted by atomic mass is 32.2. The predicted molar refractivity (Wildman–Crippen MR) is 64.6 cm³/mol. The van der Waals surface area contributed by atoms with Crippen LogP contribution in [0.5, 0.6) is 0 Å². The van der Waals surface area contributed by atoms with Gasteiger partial charge in [-0.2, -0.15) is 0 Å². The fraction of sp³-hybridized carbons (Fsp3) is 0.417. The van der Waals surface area contributed by atoms with Crippen LogP contribution in [0.15, 0.2) is 24.3 Å². The van der Waals surface area contributed by atoms with Crippen molar-refractivity contribution in [3.05, 3.63) is 35.4 Å². The smallest absolute Gasteiger partial charge is 0.177 e. The molecule has 0 atom stereocenters. The summed E-state index contributed by atoms with van der Waals surface area (Å²) < 4.78 is 21.9. The van der Waals surface area contributed by atoms with Crippen molar-refractivity contribution < 1.29 is 13.2 Å². The van der Waals surface area contributed by atoms with Crippen molar-refractivity contribution in [3.63, 3.8) is 0 Å². The summed E-state index contributed by atoms with van der Waals surface area (Å²) in [6, 6.07) is 7.09. The van der Waals surface area contributed by atoms with Gasteiger partial charge in [0, 0.05) is 11.8 Å². The quantitative estimate of drug-likeness (QED) is 0.757. The van der Waals surface area contributed by atoms with Gasteiger partial charge >= 0.3 is 0 Å². The highest BCUT2D eigenvalue weighted by Crippen LogP contribution is 2.15. The predicted octanol–water partition coefficient (Wildman–Crippen LogP) is 2.04. The van der Waals surface area contributed by atoms with Crippen LogP contribution < -0.4 is 0 Å². The number of hydrogen-bond donors (Lipinski definition) is 0. The minimum atomic E-state index is -3.25. The molecule has 0 heterocycles. The Morgan fingerprint density at radius 3 is 2.06 bits per heavy atom. The number of carbonyl (C=O) groups is 1. The van der Waals surface area contributed by atoms with Crippen LogP contribution in [0.3, 0.4) is 0 Å². The van der Waals surface area contributed by atoms with E-state index in [1.54, 1.807) is 12.1 Å². The first-order chi connectivity index (χ1) is 7.29. The Morgan fingerprint density at radius 2 is 1.69 bits per heavy atom. The van der Waals surface area contributed by atoms with Gasteiger partial charge < -0.3 is 0 Å². The Labute approximate surface area is 96.4 Å². The second-order valence-corrected chi connectivity index (χ2v) is 6.41. The Hall–Kier alpha value is -1.16. The Morgan fingerprint density at radius 1 is 1.19 bits per heavy atom. The van der Waals surface area contributed by atoms with E-state index in [0.29, 0.717) is 11.5 Å². The normalized spacial score (nSPS) is 11.8. The van der Waals surface area contributed by atoms with Gasteiger partial charge in [0.15, 0.2) is 15.6 Å². The molecule has 0 aliphatic rings. The van der Waals surface area contributed by atoms with E-state index in [9.17, 15) is 13.2 Å². The highest BCUT2D eigenvalue weighted by molar-refractivity contribution is 7.91. The standard InChI is InChI=1S/C12H16O3S/c1-9(2)10-4-6-11(7-5-10)12(13)8-16(3,14)15/h4-7,9H,8H2,1-3H3. The molecule has 1 aromatic carbocycles. The minimum Gasteiger partial charge on any atom is -0.293 e. The molecule has 0 aliphatic carbocycles. The van der Waals surface area contributed by atoms with Crippen LogP contribution >= 0.6 is 0 Å². The van der Waals surface area contributed by atoms with Crippen LogP contribution in [0.25, 0.3) is 0 Å². The molecule has 1 rings (SSSR count). The molecule has 0 aromatic heterocycles. The summed E-state index contributed by atoms with van der Waals surface area (Å²) in [5.74, 6) is -0.370. The van der Waals surface area contributed by atoms with E-state index in [4.69, 9.17) is 0 Å². The lowest BCUT2D eigenvalue weighted by Gasteiger charge is -2.05. The molecule has 16 heavy (non-hydrogen) atoms. The van der Waals surface area contributed by atoms with Crippen LogP contribution in [-0.2, 0) is 9.84 Å². The first kappa shape index (κ1) is 12.9. The fourth-order valence-electron chi connectivity index (χ4n) is 1.38. The lowest BCUT2D eigenvalue weighted by atomic mass is 10.0. The van der Waals surface area contributed by atoms with Gasteiger partial charge in [0.2, 0.25) is 0 Å². The van der Waals surface area contributed by atoms with Crippen molar-refractivity contribution in [2.45, 2.75) is 19.8 Å². The summed E-state index contributed by atoms with van der Waals surface area (Å²) in [7, 11) is -3.25. The monoisotopic (exact) mass is 240 g/mol. The second kappa shape index (κ2) is 4.78. The third-order valence-electron chi connectivity index (χ3n) is 2.29. The molecule has 0 radical (unpaired) electrons. The van der Waals surface area contributed by atoms with Crippen molar-refractivity contribution in [3.8, 4) is 0 Å². The summed E-state index contributed by atoms with van der Waals surface area (Å²) in [6.45, 7) is 4.13. The van der Waals surface area contributed by atoms with E-state index in [0.717, 1.165) is 11.8 Å². The average Bonchev–Trinajstić information content (AvgIpc) is 2.15. The Bertz CT molecular complexity index is 469. The van der Waals surface area contributed by atoms with Gasteiger partial charge in [-0.15, -0.1) is 0 Å². The van der Waals surface area contributed by atoms with E-state index in [1.807, 2.05) is 12.1 Å². The Balaban J connectivity index is 2.86. The van der Waals surface area contributed by atoms with E-state index < -0.39 is 15.6 Å². The number of sulfone groups is 1. The number of Topliss-reactive ketones (excluding diaryl/α,β-unsaturated/α-hetero) is 1. The maximum Gasteiger partial charge on any atom is 0.177 e. The molecule has 0 unspecified atom stereocenters. The molecule has 1 aromatic rings. The number of hydrogen-bond acceptors (Lipinski definition) is 3. The summed E-state index contributed by atoms with van der Waals surface area (Å²) in [6.07, 6.45) is 1.06. The number of ketones is 1. The first-order valence-electron chi connectivity index (χ1n) is 5.10. The molecule has 0 N–H and O–H groups in total. The van der Waals surface area contributed by atoms with Crippen LogP contribution in [0.4, 0.5) is 0 Å². The van der Waals surface area contributed by atoms with Gasteiger partial charge in [-0.05, 0) is 11.5 Å². The molecular formula is C12H16O3S. The number of carbonyl (C=O) groups excluding carboxylic acids is 1. The molecule has 3 nitrogen and oxygen atoms in total. The van der Waals surface area contributed by atoms with Crippen LogP contribution in [0.2, 0.25) is 0 Å². The van der Waals surface area contributed by atoms with Crippen LogP contribution in [0, 0.1) is 0 Å². The molecule has 88 valence electrons. The fourth-order valence-corrected chi connectivity index (χ4v) is 2.02.